The van der Waals surface area contributed by atoms with E-state index in [0.717, 1.165) is 56.4 Å². The third kappa shape index (κ3) is 7.78. The molecule has 3 aliphatic rings. The van der Waals surface area contributed by atoms with E-state index >= 15 is 0 Å². The van der Waals surface area contributed by atoms with Gasteiger partial charge in [0.05, 0.1) is 17.5 Å². The van der Waals surface area contributed by atoms with Crippen LogP contribution >= 0.6 is 0 Å². The van der Waals surface area contributed by atoms with Crippen LogP contribution in [0.5, 0.6) is 0 Å². The number of likely N-dealkylation sites (tertiary alicyclic amines) is 1. The molecule has 1 N–H and O–H groups in total. The summed E-state index contributed by atoms with van der Waals surface area (Å²) in [6, 6.07) is 49.4. The van der Waals surface area contributed by atoms with E-state index in [0.29, 0.717) is 57.1 Å². The van der Waals surface area contributed by atoms with Gasteiger partial charge in [0.2, 0.25) is 11.8 Å². The van der Waals surface area contributed by atoms with Crippen molar-refractivity contribution >= 4 is 39.9 Å². The van der Waals surface area contributed by atoms with E-state index in [4.69, 9.17) is 5.10 Å². The maximum atomic E-state index is 14.8. The molecule has 0 radical (unpaired) electrons. The predicted molar refractivity (Wildman–Crippen MR) is 267 cm³/mol. The number of anilines is 1. The van der Waals surface area contributed by atoms with Crippen LogP contribution in [0.25, 0.3) is 39.1 Å². The Morgan fingerprint density at radius 3 is 2.01 bits per heavy atom. The summed E-state index contributed by atoms with van der Waals surface area (Å²) >= 11 is 0. The molecule has 13 nitrogen and oxygen atoms in total. The molecule has 3 amide bonds. The van der Waals surface area contributed by atoms with Gasteiger partial charge in [0, 0.05) is 68.7 Å². The molecule has 1 atom stereocenters. The summed E-state index contributed by atoms with van der Waals surface area (Å²) in [5.74, 6) is 0.570. The van der Waals surface area contributed by atoms with E-state index in [-0.39, 0.29) is 30.0 Å². The maximum Gasteiger partial charge on any atom is 0.269 e. The highest BCUT2D eigenvalue weighted by Crippen LogP contribution is 2.47. The number of benzene rings is 5. The first-order chi connectivity index (χ1) is 33.7. The molecule has 3 aliphatic heterocycles. The number of rotatable bonds is 11. The summed E-state index contributed by atoms with van der Waals surface area (Å²) in [7, 11) is 3.45. The van der Waals surface area contributed by atoms with E-state index in [1.807, 2.05) is 59.3 Å². The third-order valence-corrected chi connectivity index (χ3v) is 14.3. The minimum absolute atomic E-state index is 0.0825. The zero-order valence-electron chi connectivity index (χ0n) is 38.7. The Hall–Kier alpha value is -8.03. The maximum absolute atomic E-state index is 14.8. The molecule has 0 saturated carbocycles. The highest BCUT2D eigenvalue weighted by atomic mass is 16.2. The monoisotopic (exact) mass is 912 g/mol. The van der Waals surface area contributed by atoms with Crippen molar-refractivity contribution < 1.29 is 14.4 Å². The van der Waals surface area contributed by atoms with Gasteiger partial charge in [0.15, 0.2) is 5.82 Å². The van der Waals surface area contributed by atoms with Crippen LogP contribution in [0.15, 0.2) is 164 Å². The molecule has 8 aromatic rings. The fourth-order valence-corrected chi connectivity index (χ4v) is 10.8. The standard InChI is InChI=1S/C56H52N10O3/c1-57-53(68)48-34-42(24-29-58-48)51-47-35-46(22-23-49(47)66(60-51)56(43-12-6-3-7-13-43,44-14-8-4-9-15-44)45-16-10-5-11-17-45)65-33-28-55(54(65)69)27-32-63(37-55)36-50(67)64-30-25-40(26-31-64)39-18-20-41(21-19-39)52-59-38-62(2)61-52/h3-25,29,34-35,38H,26-28,30-33,36-37H2,1-2H3,(H,57,68)/t55-/m0/s1. The Bertz CT molecular complexity index is 3140. The van der Waals surface area contributed by atoms with E-state index in [1.54, 1.807) is 30.3 Å². The number of amides is 3. The molecule has 0 aliphatic carbocycles. The van der Waals surface area contributed by atoms with E-state index < -0.39 is 11.0 Å². The summed E-state index contributed by atoms with van der Waals surface area (Å²) in [5, 5.41) is 13.5. The van der Waals surface area contributed by atoms with Crippen LogP contribution in [0.4, 0.5) is 5.69 Å². The largest absolute Gasteiger partial charge is 0.354 e. The molecule has 1 spiro atoms. The first-order valence-corrected chi connectivity index (χ1v) is 23.6. The van der Waals surface area contributed by atoms with Crippen molar-refractivity contribution in [1.29, 1.82) is 0 Å². The van der Waals surface area contributed by atoms with Gasteiger partial charge in [-0.3, -0.25) is 28.9 Å². The zero-order valence-corrected chi connectivity index (χ0v) is 38.7. The number of hydrogen-bond acceptors (Lipinski definition) is 8. The first kappa shape index (κ1) is 43.5. The molecule has 6 heterocycles. The minimum Gasteiger partial charge on any atom is -0.354 e. The Morgan fingerprint density at radius 1 is 0.725 bits per heavy atom. The number of pyridine rings is 1. The van der Waals surface area contributed by atoms with Gasteiger partial charge in [0.25, 0.3) is 5.91 Å². The summed E-state index contributed by atoms with van der Waals surface area (Å²) in [6.45, 7) is 3.28. The average molecular weight is 913 g/mol. The quantitative estimate of drug-likeness (QED) is 0.130. The Morgan fingerprint density at radius 2 is 1.39 bits per heavy atom. The number of hydrogen-bond donors (Lipinski definition) is 1. The Labute approximate surface area is 400 Å². The van der Waals surface area contributed by atoms with Crippen molar-refractivity contribution in [3.63, 3.8) is 0 Å². The van der Waals surface area contributed by atoms with Crippen LogP contribution in [0.3, 0.4) is 0 Å². The highest BCUT2D eigenvalue weighted by Gasteiger charge is 2.51. The molecule has 3 aromatic heterocycles. The zero-order chi connectivity index (χ0) is 47.1. The van der Waals surface area contributed by atoms with E-state index in [1.165, 1.54) is 5.57 Å². The molecule has 0 unspecified atom stereocenters. The Balaban J connectivity index is 0.884. The molecule has 2 saturated heterocycles. The van der Waals surface area contributed by atoms with Gasteiger partial charge in [-0.05, 0) is 84.0 Å². The lowest BCUT2D eigenvalue weighted by molar-refractivity contribution is -0.132. The molecular formula is C56H52N10O3. The third-order valence-electron chi connectivity index (χ3n) is 14.3. The molecule has 2 fully saturated rings. The second kappa shape index (κ2) is 17.9. The summed E-state index contributed by atoms with van der Waals surface area (Å²) in [6.07, 6.45) is 7.66. The van der Waals surface area contributed by atoms with Crippen LogP contribution in [0.2, 0.25) is 0 Å². The van der Waals surface area contributed by atoms with Crippen molar-refractivity contribution in [3.8, 4) is 22.6 Å². The van der Waals surface area contributed by atoms with Crippen molar-refractivity contribution in [2.45, 2.75) is 24.8 Å². The molecular weight excluding hydrogens is 861 g/mol. The number of nitrogens with zero attached hydrogens (tertiary/aromatic N) is 9. The number of carbonyl (C=O) groups is 3. The number of fused-ring (bicyclic) bond motifs is 1. The van der Waals surface area contributed by atoms with Crippen molar-refractivity contribution in [2.75, 3.05) is 51.2 Å². The lowest BCUT2D eigenvalue weighted by atomic mass is 9.77. The number of aryl methyl sites for hydroxylation is 1. The normalized spacial score (nSPS) is 17.5. The van der Waals surface area contributed by atoms with E-state index in [2.05, 4.69) is 133 Å². The lowest BCUT2D eigenvalue weighted by Crippen LogP contribution is -2.43. The van der Waals surface area contributed by atoms with Crippen LogP contribution in [0, 0.1) is 5.41 Å². The van der Waals surface area contributed by atoms with Crippen LogP contribution in [0.1, 0.15) is 52.0 Å². The predicted octanol–water partition coefficient (Wildman–Crippen LogP) is 7.84. The van der Waals surface area contributed by atoms with Gasteiger partial charge in [-0.1, -0.05) is 121 Å². The number of nitrogens with one attached hydrogen (secondary N) is 1. The topological polar surface area (TPSA) is 134 Å². The van der Waals surface area contributed by atoms with Crippen molar-refractivity contribution in [1.82, 2.24) is 44.6 Å². The summed E-state index contributed by atoms with van der Waals surface area (Å²) in [5.41, 5.74) is 8.19. The first-order valence-electron chi connectivity index (χ1n) is 23.6. The SMILES string of the molecule is CNC(=O)c1cc(-c2nn(C(c3ccccc3)(c3ccccc3)c3ccccc3)c3ccc(N4CC[C@]5(CCN(CC(=O)N6CC=C(c7ccc(-c8ncn(C)n8)cc7)CC6)C5)C4=O)cc23)ccn1. The van der Waals surface area contributed by atoms with Gasteiger partial charge < -0.3 is 15.1 Å². The lowest BCUT2D eigenvalue weighted by Gasteiger charge is -2.37. The summed E-state index contributed by atoms with van der Waals surface area (Å²) < 4.78 is 3.81. The van der Waals surface area contributed by atoms with E-state index in [9.17, 15) is 14.4 Å². The molecule has 5 aromatic carbocycles. The fraction of sp³-hybridized carbons (Fsp3) is 0.232. The summed E-state index contributed by atoms with van der Waals surface area (Å²) in [4.78, 5) is 56.3. The second-order valence-electron chi connectivity index (χ2n) is 18.4. The molecule has 344 valence electrons. The van der Waals surface area contributed by atoms with Gasteiger partial charge >= 0.3 is 0 Å². The van der Waals surface area contributed by atoms with Crippen molar-refractivity contribution in [2.24, 2.45) is 12.5 Å². The van der Waals surface area contributed by atoms with Crippen LogP contribution in [-0.2, 0) is 22.2 Å². The van der Waals surface area contributed by atoms with Gasteiger partial charge in [0.1, 0.15) is 23.3 Å². The number of carbonyl (C=O) groups excluding carboxylic acids is 3. The highest BCUT2D eigenvalue weighted by molar-refractivity contribution is 6.04. The minimum atomic E-state index is -0.922. The van der Waals surface area contributed by atoms with Crippen LogP contribution < -0.4 is 10.2 Å². The second-order valence-corrected chi connectivity index (χ2v) is 18.4. The Kier molecular flexibility index (Phi) is 11.3. The van der Waals surface area contributed by atoms with Crippen molar-refractivity contribution in [3.05, 3.63) is 192 Å². The van der Waals surface area contributed by atoms with Gasteiger partial charge in [-0.25, -0.2) is 9.67 Å². The van der Waals surface area contributed by atoms with Gasteiger partial charge in [-0.15, -0.1) is 0 Å². The fourth-order valence-electron chi connectivity index (χ4n) is 10.8. The molecule has 0 bridgehead atoms. The van der Waals surface area contributed by atoms with Gasteiger partial charge in [-0.2, -0.15) is 10.2 Å². The van der Waals surface area contributed by atoms with Crippen LogP contribution in [-0.4, -0.2) is 103 Å². The average Bonchev–Trinajstić information content (AvgIpc) is 4.21. The molecule has 13 heteroatoms. The number of aromatic nitrogens is 6. The smallest absolute Gasteiger partial charge is 0.269 e. The molecule has 11 rings (SSSR count). The molecule has 69 heavy (non-hydrogen) atoms.